The third kappa shape index (κ3) is 8.14. The summed E-state index contributed by atoms with van der Waals surface area (Å²) in [5.41, 5.74) is 4.45. The number of ether oxygens (including phenoxy) is 4. The van der Waals surface area contributed by atoms with Gasteiger partial charge in [0.1, 0.15) is 13.2 Å². The third-order valence-electron chi connectivity index (χ3n) is 6.63. The summed E-state index contributed by atoms with van der Waals surface area (Å²) in [6, 6.07) is 20.5. The molecule has 3 aromatic carbocycles. The SMILES string of the molecule is CCOc1nc2cccc(C(=O)O)c2n1Cc1ccc(-c2ccccc2-c2nnn(COC(=O)OCCOCCO[N+](=O)[O-])n2)cc1. The average molecular weight is 648 g/mol. The lowest BCUT2D eigenvalue weighted by atomic mass is 9.98. The maximum absolute atomic E-state index is 11.9. The van der Waals surface area contributed by atoms with Crippen LogP contribution in [0.2, 0.25) is 0 Å². The first-order valence-corrected chi connectivity index (χ1v) is 14.3. The Morgan fingerprint density at radius 1 is 0.936 bits per heavy atom. The van der Waals surface area contributed by atoms with E-state index >= 15 is 0 Å². The highest BCUT2D eigenvalue weighted by Gasteiger charge is 2.19. The second-order valence-corrected chi connectivity index (χ2v) is 9.66. The second-order valence-electron chi connectivity index (χ2n) is 9.66. The molecule has 5 rings (SSSR count). The average Bonchev–Trinajstić information content (AvgIpc) is 3.68. The number of tetrazole rings is 1. The number of carboxylic acids is 1. The van der Waals surface area contributed by atoms with Crippen molar-refractivity contribution in [2.45, 2.75) is 20.2 Å². The summed E-state index contributed by atoms with van der Waals surface area (Å²) in [4.78, 5) is 43.6. The summed E-state index contributed by atoms with van der Waals surface area (Å²) in [6.07, 6.45) is -0.981. The Bertz CT molecular complexity index is 1860. The van der Waals surface area contributed by atoms with Gasteiger partial charge in [-0.25, -0.2) is 9.59 Å². The molecule has 0 saturated heterocycles. The summed E-state index contributed by atoms with van der Waals surface area (Å²) in [7, 11) is 0. The van der Waals surface area contributed by atoms with E-state index < -0.39 is 17.2 Å². The standard InChI is InChI=1S/C30H29N7O10/c1-2-44-29-31-25-9-5-8-24(28(38)39)26(25)35(29)18-20-10-12-21(13-11-20)22-6-3-4-7-23(22)27-32-34-36(33-27)19-46-30(40)45-16-14-43-15-17-47-37(41)42/h3-13H,2,14-19H2,1H3,(H,38,39). The first-order valence-electron chi connectivity index (χ1n) is 14.3. The van der Waals surface area contributed by atoms with Crippen molar-refractivity contribution in [1.82, 2.24) is 29.8 Å². The number of hydrogen-bond donors (Lipinski definition) is 1. The molecule has 2 heterocycles. The Morgan fingerprint density at radius 2 is 1.70 bits per heavy atom. The molecule has 2 aromatic heterocycles. The molecule has 0 amide bonds. The van der Waals surface area contributed by atoms with Gasteiger partial charge in [0, 0.05) is 5.56 Å². The van der Waals surface area contributed by atoms with Gasteiger partial charge in [-0.05, 0) is 41.0 Å². The highest BCUT2D eigenvalue weighted by Crippen LogP contribution is 2.31. The van der Waals surface area contributed by atoms with Crippen molar-refractivity contribution < 1.29 is 43.6 Å². The zero-order chi connectivity index (χ0) is 33.2. The van der Waals surface area contributed by atoms with E-state index in [0.717, 1.165) is 21.5 Å². The van der Waals surface area contributed by atoms with Gasteiger partial charge in [0.2, 0.25) is 12.6 Å². The van der Waals surface area contributed by atoms with Gasteiger partial charge in [0.25, 0.3) is 11.1 Å². The predicted molar refractivity (Wildman–Crippen MR) is 162 cm³/mol. The first kappa shape index (κ1) is 32.3. The molecule has 0 spiro atoms. The van der Waals surface area contributed by atoms with Crippen LogP contribution in [-0.4, -0.2) is 85.1 Å². The van der Waals surface area contributed by atoms with Gasteiger partial charge in [0.15, 0.2) is 0 Å². The van der Waals surface area contributed by atoms with Crippen LogP contribution in [0, 0.1) is 10.1 Å². The number of hydrogen-bond acceptors (Lipinski definition) is 13. The molecule has 0 unspecified atom stereocenters. The van der Waals surface area contributed by atoms with Gasteiger partial charge in [-0.1, -0.05) is 54.6 Å². The molecule has 5 aromatic rings. The fourth-order valence-electron chi connectivity index (χ4n) is 4.64. The number of carboxylic acid groups (broad SMARTS) is 1. The molecule has 0 bridgehead atoms. The third-order valence-corrected chi connectivity index (χ3v) is 6.63. The van der Waals surface area contributed by atoms with E-state index in [0.29, 0.717) is 41.6 Å². The van der Waals surface area contributed by atoms with Crippen LogP contribution < -0.4 is 4.74 Å². The number of fused-ring (bicyclic) bond motifs is 1. The second kappa shape index (κ2) is 15.3. The number of aromatic carboxylic acids is 1. The van der Waals surface area contributed by atoms with E-state index in [1.165, 1.54) is 0 Å². The first-order chi connectivity index (χ1) is 22.8. The zero-order valence-electron chi connectivity index (χ0n) is 25.1. The number of aromatic nitrogens is 6. The molecule has 17 nitrogen and oxygen atoms in total. The van der Waals surface area contributed by atoms with Crippen LogP contribution in [-0.2, 0) is 32.3 Å². The summed E-state index contributed by atoms with van der Waals surface area (Å²) in [5, 5.41) is 31.3. The largest absolute Gasteiger partial charge is 0.510 e. The van der Waals surface area contributed by atoms with E-state index in [-0.39, 0.29) is 38.7 Å². The number of nitrogens with zero attached hydrogens (tertiary/aromatic N) is 7. The van der Waals surface area contributed by atoms with Crippen molar-refractivity contribution in [2.75, 3.05) is 33.0 Å². The van der Waals surface area contributed by atoms with Gasteiger partial charge in [0.05, 0.1) is 43.0 Å². The van der Waals surface area contributed by atoms with E-state index in [2.05, 4.69) is 25.2 Å². The van der Waals surface area contributed by atoms with Crippen LogP contribution in [0.5, 0.6) is 6.01 Å². The Morgan fingerprint density at radius 3 is 2.45 bits per heavy atom. The maximum atomic E-state index is 11.9. The molecule has 17 heteroatoms. The molecule has 0 saturated carbocycles. The van der Waals surface area contributed by atoms with Crippen molar-refractivity contribution in [3.8, 4) is 28.5 Å². The normalized spacial score (nSPS) is 10.9. The van der Waals surface area contributed by atoms with Gasteiger partial charge >= 0.3 is 12.1 Å². The number of rotatable bonds is 16. The van der Waals surface area contributed by atoms with Gasteiger partial charge < -0.3 is 28.9 Å². The highest BCUT2D eigenvalue weighted by atomic mass is 17.0. The molecule has 0 atom stereocenters. The van der Waals surface area contributed by atoms with Crippen molar-refractivity contribution in [1.29, 1.82) is 0 Å². The van der Waals surface area contributed by atoms with Crippen molar-refractivity contribution in [2.24, 2.45) is 0 Å². The fourth-order valence-corrected chi connectivity index (χ4v) is 4.64. The molecule has 0 aliphatic heterocycles. The number of carbonyl (C=O) groups is 2. The fraction of sp³-hybridized carbons (Fsp3) is 0.267. The van der Waals surface area contributed by atoms with Gasteiger partial charge in [-0.3, -0.25) is 4.57 Å². The molecule has 1 N–H and O–H groups in total. The molecule has 47 heavy (non-hydrogen) atoms. The molecule has 0 aliphatic carbocycles. The Kier molecular flexibility index (Phi) is 10.5. The molecule has 0 radical (unpaired) electrons. The van der Waals surface area contributed by atoms with Crippen molar-refractivity contribution in [3.63, 3.8) is 0 Å². The molecule has 244 valence electrons. The minimum atomic E-state index is -1.05. The number of benzene rings is 3. The highest BCUT2D eigenvalue weighted by molar-refractivity contribution is 6.01. The van der Waals surface area contributed by atoms with Crippen LogP contribution >= 0.6 is 0 Å². The van der Waals surface area contributed by atoms with E-state index in [1.54, 1.807) is 22.8 Å². The molecule has 0 aliphatic rings. The van der Waals surface area contributed by atoms with E-state index in [9.17, 15) is 24.8 Å². The van der Waals surface area contributed by atoms with Crippen LogP contribution in [0.25, 0.3) is 33.5 Å². The van der Waals surface area contributed by atoms with Crippen LogP contribution in [0.4, 0.5) is 4.79 Å². The smallest absolute Gasteiger partial charge is 0.478 e. The topological polar surface area (TPSA) is 205 Å². The van der Waals surface area contributed by atoms with Gasteiger partial charge in [-0.15, -0.1) is 25.1 Å². The van der Waals surface area contributed by atoms with E-state index in [4.69, 9.17) is 18.9 Å². The number of imidazole rings is 1. The monoisotopic (exact) mass is 647 g/mol. The van der Waals surface area contributed by atoms with Crippen LogP contribution in [0.3, 0.4) is 0 Å². The minimum Gasteiger partial charge on any atom is -0.478 e. The van der Waals surface area contributed by atoms with Gasteiger partial charge in [-0.2, -0.15) is 4.98 Å². The van der Waals surface area contributed by atoms with Crippen molar-refractivity contribution >= 4 is 23.2 Å². The number of para-hydroxylation sites is 1. The lowest BCUT2D eigenvalue weighted by Gasteiger charge is -2.12. The van der Waals surface area contributed by atoms with Crippen LogP contribution in [0.15, 0.2) is 66.7 Å². The summed E-state index contributed by atoms with van der Waals surface area (Å²) in [5.74, 6) is -0.745. The predicted octanol–water partition coefficient (Wildman–Crippen LogP) is 3.84. The lowest BCUT2D eigenvalue weighted by molar-refractivity contribution is -0.758. The molecule has 0 fully saturated rings. The number of carbonyl (C=O) groups excluding carboxylic acids is 1. The summed E-state index contributed by atoms with van der Waals surface area (Å²) in [6.45, 7) is 1.80. The molecular weight excluding hydrogens is 618 g/mol. The van der Waals surface area contributed by atoms with Crippen LogP contribution in [0.1, 0.15) is 22.8 Å². The molecular formula is C30H29N7O10. The quantitative estimate of drug-likeness (QED) is 0.0699. The lowest BCUT2D eigenvalue weighted by Crippen LogP contribution is -2.16. The Labute approximate surface area is 266 Å². The zero-order valence-corrected chi connectivity index (χ0v) is 25.1. The minimum absolute atomic E-state index is 0.0000930. The van der Waals surface area contributed by atoms with E-state index in [1.807, 2.05) is 55.5 Å². The van der Waals surface area contributed by atoms with Crippen molar-refractivity contribution in [3.05, 3.63) is 88.0 Å². The Hall–Kier alpha value is -6.10. The summed E-state index contributed by atoms with van der Waals surface area (Å²) < 4.78 is 22.4. The Balaban J connectivity index is 1.23. The maximum Gasteiger partial charge on any atom is 0.510 e. The summed E-state index contributed by atoms with van der Waals surface area (Å²) >= 11 is 0.